The van der Waals surface area contributed by atoms with Crippen molar-refractivity contribution in [2.45, 2.75) is 20.1 Å². The zero-order valence-electron chi connectivity index (χ0n) is 18.1. The number of nitrogens with zero attached hydrogens (tertiary/aromatic N) is 2. The number of ether oxygens (including phenoxy) is 2. The van der Waals surface area contributed by atoms with Crippen molar-refractivity contribution in [1.82, 2.24) is 14.9 Å². The quantitative estimate of drug-likeness (QED) is 0.239. The molecule has 0 aliphatic heterocycles. The van der Waals surface area contributed by atoms with Crippen molar-refractivity contribution in [2.75, 3.05) is 12.0 Å². The minimum atomic E-state index is -0.450. The first-order valence-electron chi connectivity index (χ1n) is 10.5. The Balaban J connectivity index is 1.56. The van der Waals surface area contributed by atoms with E-state index in [4.69, 9.17) is 44.9 Å². The largest absolute Gasteiger partial charge is 0.490 e. The van der Waals surface area contributed by atoms with E-state index < -0.39 is 5.82 Å². The fourth-order valence-electron chi connectivity index (χ4n) is 3.34. The highest BCUT2D eigenvalue weighted by atomic mass is 35.5. The van der Waals surface area contributed by atoms with Crippen molar-refractivity contribution in [3.63, 3.8) is 0 Å². The van der Waals surface area contributed by atoms with Crippen LogP contribution in [0.2, 0.25) is 10.0 Å². The fraction of sp³-hybridized carbons (Fsp3) is 0.167. The van der Waals surface area contributed by atoms with E-state index in [9.17, 15) is 4.39 Å². The second-order valence-corrected chi connectivity index (χ2v) is 8.42. The lowest BCUT2D eigenvalue weighted by Gasteiger charge is -2.17. The van der Waals surface area contributed by atoms with Crippen LogP contribution in [0, 0.1) is 10.6 Å². The highest BCUT2D eigenvalue weighted by Crippen LogP contribution is 2.38. The molecule has 34 heavy (non-hydrogen) atoms. The van der Waals surface area contributed by atoms with Crippen molar-refractivity contribution in [2.24, 2.45) is 0 Å². The number of aromatic amines is 1. The van der Waals surface area contributed by atoms with Crippen LogP contribution in [0.1, 0.15) is 18.1 Å². The van der Waals surface area contributed by atoms with Gasteiger partial charge in [0.2, 0.25) is 4.77 Å². The second kappa shape index (κ2) is 10.9. The number of H-pyrrole nitrogens is 1. The number of halogens is 3. The molecule has 0 radical (unpaired) electrons. The normalized spacial score (nSPS) is 10.8. The topological polar surface area (TPSA) is 64.1 Å². The maximum Gasteiger partial charge on any atom is 0.214 e. The van der Waals surface area contributed by atoms with E-state index >= 15 is 0 Å². The van der Waals surface area contributed by atoms with E-state index in [-0.39, 0.29) is 17.2 Å². The summed E-state index contributed by atoms with van der Waals surface area (Å²) >= 11 is 18.0. The van der Waals surface area contributed by atoms with Crippen molar-refractivity contribution in [1.29, 1.82) is 0 Å². The molecule has 0 aliphatic carbocycles. The summed E-state index contributed by atoms with van der Waals surface area (Å²) in [5.41, 5.74) is 5.24. The Morgan fingerprint density at radius 2 is 1.85 bits per heavy atom. The molecule has 6 nitrogen and oxygen atoms in total. The molecule has 4 rings (SSSR count). The van der Waals surface area contributed by atoms with Crippen LogP contribution >= 0.6 is 35.4 Å². The van der Waals surface area contributed by atoms with Crippen molar-refractivity contribution < 1.29 is 13.9 Å². The van der Waals surface area contributed by atoms with Crippen LogP contribution in [0.3, 0.4) is 0 Å². The monoisotopic (exact) mass is 518 g/mol. The van der Waals surface area contributed by atoms with Gasteiger partial charge in [0.1, 0.15) is 12.4 Å². The molecule has 0 saturated carbocycles. The summed E-state index contributed by atoms with van der Waals surface area (Å²) < 4.78 is 27.8. The zero-order valence-corrected chi connectivity index (χ0v) is 20.5. The molecule has 1 heterocycles. The smallest absolute Gasteiger partial charge is 0.214 e. The van der Waals surface area contributed by atoms with Gasteiger partial charge in [-0.2, -0.15) is 5.10 Å². The molecule has 176 valence electrons. The van der Waals surface area contributed by atoms with E-state index in [1.165, 1.54) is 12.1 Å². The molecule has 2 N–H and O–H groups in total. The van der Waals surface area contributed by atoms with Gasteiger partial charge in [0, 0.05) is 11.1 Å². The Bertz CT molecular complexity index is 1320. The van der Waals surface area contributed by atoms with E-state index in [2.05, 4.69) is 15.6 Å². The Labute approximate surface area is 211 Å². The van der Waals surface area contributed by atoms with Crippen molar-refractivity contribution in [3.8, 4) is 22.9 Å². The van der Waals surface area contributed by atoms with Crippen molar-refractivity contribution in [3.05, 3.63) is 92.4 Å². The molecule has 0 saturated heterocycles. The first-order valence-corrected chi connectivity index (χ1v) is 11.6. The molecule has 1 aromatic heterocycles. The van der Waals surface area contributed by atoms with Crippen LogP contribution < -0.4 is 14.9 Å². The van der Waals surface area contributed by atoms with Gasteiger partial charge in [-0.15, -0.1) is 0 Å². The Kier molecular flexibility index (Phi) is 7.72. The van der Waals surface area contributed by atoms with Gasteiger partial charge in [-0.3, -0.25) is 0 Å². The molecule has 0 unspecified atom stereocenters. The third kappa shape index (κ3) is 5.35. The van der Waals surface area contributed by atoms with Crippen LogP contribution in [-0.4, -0.2) is 21.5 Å². The predicted molar refractivity (Wildman–Crippen MR) is 134 cm³/mol. The third-order valence-electron chi connectivity index (χ3n) is 4.94. The summed E-state index contributed by atoms with van der Waals surface area (Å²) in [4.78, 5) is 0. The second-order valence-electron chi connectivity index (χ2n) is 7.22. The fourth-order valence-corrected chi connectivity index (χ4v) is 4.04. The lowest BCUT2D eigenvalue weighted by Crippen LogP contribution is -2.16. The molecule has 0 atom stereocenters. The van der Waals surface area contributed by atoms with Gasteiger partial charge < -0.3 is 14.9 Å². The van der Waals surface area contributed by atoms with Gasteiger partial charge in [-0.1, -0.05) is 59.6 Å². The molecular weight excluding hydrogens is 498 g/mol. The van der Waals surface area contributed by atoms with Crippen LogP contribution in [0.5, 0.6) is 11.5 Å². The molecule has 10 heteroatoms. The average Bonchev–Trinajstić information content (AvgIpc) is 3.19. The van der Waals surface area contributed by atoms with E-state index in [1.807, 2.05) is 43.3 Å². The molecule has 0 fully saturated rings. The van der Waals surface area contributed by atoms with Gasteiger partial charge in [0.25, 0.3) is 0 Å². The molecule has 4 aromatic rings. The predicted octanol–water partition coefficient (Wildman–Crippen LogP) is 6.77. The lowest BCUT2D eigenvalue weighted by atomic mass is 10.2. The molecule has 0 bridgehead atoms. The minimum Gasteiger partial charge on any atom is -0.490 e. The standard InChI is InChI=1S/C24H21Cl2FN4O2S/c1-2-32-21-12-15(11-19(26)22(21)33-14-17-18(25)9-6-10-20(17)27)13-28-31-23(29-30-24(31)34)16-7-4-3-5-8-16/h3-12,28H,2,13-14H2,1H3,(H,30,34). The number of hydrogen-bond acceptors (Lipinski definition) is 5. The lowest BCUT2D eigenvalue weighted by molar-refractivity contribution is 0.266. The van der Waals surface area contributed by atoms with E-state index in [0.717, 1.165) is 11.1 Å². The first kappa shape index (κ1) is 24.1. The van der Waals surface area contributed by atoms with Gasteiger partial charge >= 0.3 is 0 Å². The minimum absolute atomic E-state index is 0.0898. The van der Waals surface area contributed by atoms with Crippen LogP contribution in [-0.2, 0) is 13.2 Å². The number of nitrogens with one attached hydrogen (secondary N) is 2. The molecule has 0 aliphatic rings. The van der Waals surface area contributed by atoms with Gasteiger partial charge in [-0.25, -0.2) is 14.2 Å². The van der Waals surface area contributed by atoms with E-state index in [1.54, 1.807) is 16.8 Å². The number of aromatic nitrogens is 3. The highest BCUT2D eigenvalue weighted by Gasteiger charge is 2.16. The summed E-state index contributed by atoms with van der Waals surface area (Å²) in [6.07, 6.45) is 0. The summed E-state index contributed by atoms with van der Waals surface area (Å²) in [5.74, 6) is 0.965. The Morgan fingerprint density at radius 1 is 1.06 bits per heavy atom. The summed E-state index contributed by atoms with van der Waals surface area (Å²) in [5, 5.41) is 7.73. The summed E-state index contributed by atoms with van der Waals surface area (Å²) in [7, 11) is 0. The Hall–Kier alpha value is -3.07. The first-order chi connectivity index (χ1) is 16.5. The summed E-state index contributed by atoms with van der Waals surface area (Å²) in [6.45, 7) is 2.54. The zero-order chi connectivity index (χ0) is 24.1. The van der Waals surface area contributed by atoms with Crippen LogP contribution in [0.4, 0.5) is 4.39 Å². The van der Waals surface area contributed by atoms with E-state index in [0.29, 0.717) is 40.3 Å². The molecular formula is C24H21Cl2FN4O2S. The maximum atomic E-state index is 14.1. The number of benzene rings is 3. The molecule has 3 aromatic carbocycles. The van der Waals surface area contributed by atoms with Crippen LogP contribution in [0.15, 0.2) is 60.7 Å². The SMILES string of the molecule is CCOc1cc(CNn2c(-c3ccccc3)n[nH]c2=S)cc(Cl)c1OCc1c(F)cccc1Cl. The molecule has 0 spiro atoms. The van der Waals surface area contributed by atoms with Gasteiger partial charge in [-0.05, 0) is 49.0 Å². The average molecular weight is 519 g/mol. The number of hydrogen-bond donors (Lipinski definition) is 2. The Morgan fingerprint density at radius 3 is 2.59 bits per heavy atom. The summed E-state index contributed by atoms with van der Waals surface area (Å²) in [6, 6.07) is 17.7. The highest BCUT2D eigenvalue weighted by molar-refractivity contribution is 7.71. The van der Waals surface area contributed by atoms with Crippen molar-refractivity contribution >= 4 is 35.4 Å². The van der Waals surface area contributed by atoms with Gasteiger partial charge in [0.05, 0.1) is 23.2 Å². The number of rotatable bonds is 9. The maximum absolute atomic E-state index is 14.1. The third-order valence-corrected chi connectivity index (χ3v) is 5.85. The van der Waals surface area contributed by atoms with Gasteiger partial charge in [0.15, 0.2) is 17.3 Å². The molecule has 0 amide bonds. The van der Waals surface area contributed by atoms with Crippen LogP contribution in [0.25, 0.3) is 11.4 Å².